The number of benzene rings is 2. The Morgan fingerprint density at radius 1 is 1.00 bits per heavy atom. The normalized spacial score (nSPS) is 12.0. The zero-order chi connectivity index (χ0) is 14.5. The molecule has 0 amide bonds. The number of nitrogens with zero attached hydrogens (tertiary/aromatic N) is 3. The van der Waals surface area contributed by atoms with Gasteiger partial charge in [-0.2, -0.15) is 4.98 Å². The number of aromatic nitrogens is 3. The van der Waals surface area contributed by atoms with Crippen molar-refractivity contribution >= 4 is 0 Å². The van der Waals surface area contributed by atoms with Crippen molar-refractivity contribution in [1.29, 1.82) is 0 Å². The van der Waals surface area contributed by atoms with Gasteiger partial charge in [0.05, 0.1) is 5.69 Å². The number of rotatable bonds is 5. The van der Waals surface area contributed by atoms with Gasteiger partial charge in [0.25, 0.3) is 0 Å². The van der Waals surface area contributed by atoms with Crippen LogP contribution in [0.25, 0.3) is 5.69 Å². The second-order valence-electron chi connectivity index (χ2n) is 4.54. The minimum Gasteiger partial charge on any atom is -0.459 e. The Morgan fingerprint density at radius 3 is 2.38 bits per heavy atom. The van der Waals surface area contributed by atoms with Crippen molar-refractivity contribution in [2.24, 2.45) is 0 Å². The van der Waals surface area contributed by atoms with E-state index in [0.29, 0.717) is 0 Å². The number of para-hydroxylation sites is 1. The molecule has 0 aliphatic heterocycles. The van der Waals surface area contributed by atoms with Crippen LogP contribution in [0.4, 0.5) is 0 Å². The molecular weight excluding hydrogens is 266 g/mol. The monoisotopic (exact) mass is 281 g/mol. The molecule has 3 aromatic rings. The van der Waals surface area contributed by atoms with Crippen molar-refractivity contribution in [2.45, 2.75) is 6.10 Å². The molecule has 3 rings (SSSR count). The van der Waals surface area contributed by atoms with Gasteiger partial charge in [0, 0.05) is 0 Å². The lowest BCUT2D eigenvalue weighted by Crippen LogP contribution is -2.10. The molecule has 5 heteroatoms. The fourth-order valence-corrected chi connectivity index (χ4v) is 1.94. The van der Waals surface area contributed by atoms with E-state index >= 15 is 0 Å². The molecule has 1 atom stereocenters. The Kier molecular flexibility index (Phi) is 3.93. The summed E-state index contributed by atoms with van der Waals surface area (Å²) in [6.45, 7) is 0.114. The molecule has 0 aliphatic rings. The van der Waals surface area contributed by atoms with Crippen LogP contribution in [0.5, 0.6) is 6.01 Å². The molecule has 0 aliphatic carbocycles. The minimum atomic E-state index is -0.699. The molecule has 0 spiro atoms. The van der Waals surface area contributed by atoms with Gasteiger partial charge >= 0.3 is 6.01 Å². The Balaban J connectivity index is 1.63. The molecule has 2 aromatic carbocycles. The summed E-state index contributed by atoms with van der Waals surface area (Å²) in [7, 11) is 0. The summed E-state index contributed by atoms with van der Waals surface area (Å²) in [6.07, 6.45) is 0.884. The van der Waals surface area contributed by atoms with Gasteiger partial charge in [0.2, 0.25) is 0 Å². The van der Waals surface area contributed by atoms with Crippen LogP contribution in [0.2, 0.25) is 0 Å². The molecule has 1 N–H and O–H groups in total. The highest BCUT2D eigenvalue weighted by molar-refractivity contribution is 5.29. The third kappa shape index (κ3) is 3.27. The van der Waals surface area contributed by atoms with Gasteiger partial charge in [-0.1, -0.05) is 48.5 Å². The molecule has 21 heavy (non-hydrogen) atoms. The Hall–Kier alpha value is -2.66. The zero-order valence-electron chi connectivity index (χ0n) is 11.3. The highest BCUT2D eigenvalue weighted by Gasteiger charge is 2.10. The van der Waals surface area contributed by atoms with Crippen LogP contribution < -0.4 is 4.74 Å². The summed E-state index contributed by atoms with van der Waals surface area (Å²) < 4.78 is 7.06. The zero-order valence-corrected chi connectivity index (χ0v) is 11.3. The van der Waals surface area contributed by atoms with Crippen molar-refractivity contribution in [2.75, 3.05) is 6.61 Å². The topological polar surface area (TPSA) is 60.2 Å². The summed E-state index contributed by atoms with van der Waals surface area (Å²) in [5, 5.41) is 14.2. The van der Waals surface area contributed by atoms with Crippen molar-refractivity contribution in [1.82, 2.24) is 14.8 Å². The number of aliphatic hydroxyl groups is 1. The Labute approximate surface area is 122 Å². The van der Waals surface area contributed by atoms with Gasteiger partial charge in [-0.3, -0.25) is 0 Å². The van der Waals surface area contributed by atoms with E-state index in [-0.39, 0.29) is 12.6 Å². The average Bonchev–Trinajstić information content (AvgIpc) is 3.03. The minimum absolute atomic E-state index is 0.114. The van der Waals surface area contributed by atoms with Crippen molar-refractivity contribution in [3.05, 3.63) is 72.6 Å². The van der Waals surface area contributed by atoms with Gasteiger partial charge in [-0.25, -0.2) is 4.68 Å². The first-order valence-electron chi connectivity index (χ1n) is 6.66. The van der Waals surface area contributed by atoms with Crippen LogP contribution in [-0.4, -0.2) is 26.5 Å². The van der Waals surface area contributed by atoms with E-state index in [1.54, 1.807) is 11.0 Å². The number of hydrogen-bond acceptors (Lipinski definition) is 4. The van der Waals surface area contributed by atoms with Gasteiger partial charge in [-0.15, -0.1) is 5.10 Å². The maximum absolute atomic E-state index is 10.0. The summed E-state index contributed by atoms with van der Waals surface area (Å²) in [4.78, 5) is 4.08. The van der Waals surface area contributed by atoms with E-state index in [1.165, 1.54) is 0 Å². The maximum atomic E-state index is 10.0. The third-order valence-electron chi connectivity index (χ3n) is 3.05. The number of hydrogen-bond donors (Lipinski definition) is 1. The smallest absolute Gasteiger partial charge is 0.335 e. The molecule has 0 radical (unpaired) electrons. The van der Waals surface area contributed by atoms with Crippen molar-refractivity contribution < 1.29 is 9.84 Å². The van der Waals surface area contributed by atoms with Gasteiger partial charge < -0.3 is 9.84 Å². The molecule has 1 unspecified atom stereocenters. The second kappa shape index (κ2) is 6.19. The quantitative estimate of drug-likeness (QED) is 0.780. The molecule has 0 saturated heterocycles. The largest absolute Gasteiger partial charge is 0.459 e. The van der Waals surface area contributed by atoms with E-state index in [1.807, 2.05) is 60.7 Å². The molecule has 1 heterocycles. The van der Waals surface area contributed by atoms with Crippen LogP contribution in [0, 0.1) is 0 Å². The lowest BCUT2D eigenvalue weighted by Gasteiger charge is -2.10. The molecule has 0 bridgehead atoms. The van der Waals surface area contributed by atoms with Crippen molar-refractivity contribution in [3.63, 3.8) is 0 Å². The van der Waals surface area contributed by atoms with E-state index in [0.717, 1.165) is 11.3 Å². The molecule has 5 nitrogen and oxygen atoms in total. The van der Waals surface area contributed by atoms with E-state index < -0.39 is 6.10 Å². The second-order valence-corrected chi connectivity index (χ2v) is 4.54. The van der Waals surface area contributed by atoms with Gasteiger partial charge in [0.1, 0.15) is 19.0 Å². The summed E-state index contributed by atoms with van der Waals surface area (Å²) >= 11 is 0. The Bertz CT molecular complexity index is 683. The van der Waals surface area contributed by atoms with Crippen molar-refractivity contribution in [3.8, 4) is 11.7 Å². The predicted octanol–water partition coefficient (Wildman–Crippen LogP) is 2.38. The number of ether oxygens (including phenoxy) is 1. The summed E-state index contributed by atoms with van der Waals surface area (Å²) in [6, 6.07) is 19.3. The summed E-state index contributed by atoms with van der Waals surface area (Å²) in [5.74, 6) is 0. The van der Waals surface area contributed by atoms with E-state index in [2.05, 4.69) is 10.1 Å². The standard InChI is InChI=1S/C16H15N3O2/c20-15(13-7-3-1-4-8-13)11-21-16-17-12-19(18-16)14-9-5-2-6-10-14/h1-10,12,15,20H,11H2. The number of aliphatic hydroxyl groups excluding tert-OH is 1. The van der Waals surface area contributed by atoms with Crippen LogP contribution >= 0.6 is 0 Å². The van der Waals surface area contributed by atoms with Crippen LogP contribution in [0.15, 0.2) is 67.0 Å². The van der Waals surface area contributed by atoms with Gasteiger partial charge in [-0.05, 0) is 17.7 Å². The van der Waals surface area contributed by atoms with Crippen LogP contribution in [-0.2, 0) is 0 Å². The molecule has 0 saturated carbocycles. The first-order chi connectivity index (χ1) is 10.3. The third-order valence-corrected chi connectivity index (χ3v) is 3.05. The lowest BCUT2D eigenvalue weighted by atomic mass is 10.1. The van der Waals surface area contributed by atoms with E-state index in [9.17, 15) is 5.11 Å². The highest BCUT2D eigenvalue weighted by atomic mass is 16.5. The molecule has 0 fully saturated rings. The molecule has 106 valence electrons. The van der Waals surface area contributed by atoms with Crippen LogP contribution in [0.3, 0.4) is 0 Å². The Morgan fingerprint density at radius 2 is 1.67 bits per heavy atom. The van der Waals surface area contributed by atoms with E-state index in [4.69, 9.17) is 4.74 Å². The van der Waals surface area contributed by atoms with Gasteiger partial charge in [0.15, 0.2) is 0 Å². The fraction of sp³-hybridized carbons (Fsp3) is 0.125. The predicted molar refractivity (Wildman–Crippen MR) is 78.3 cm³/mol. The molecule has 1 aromatic heterocycles. The average molecular weight is 281 g/mol. The first kappa shape index (κ1) is 13.3. The lowest BCUT2D eigenvalue weighted by molar-refractivity contribution is 0.102. The highest BCUT2D eigenvalue weighted by Crippen LogP contribution is 2.14. The fourth-order valence-electron chi connectivity index (χ4n) is 1.94. The SMILES string of the molecule is OC(COc1ncn(-c2ccccc2)n1)c1ccccc1. The first-order valence-corrected chi connectivity index (χ1v) is 6.66. The maximum Gasteiger partial charge on any atom is 0.335 e. The summed E-state index contributed by atoms with van der Waals surface area (Å²) in [5.41, 5.74) is 1.71. The van der Waals surface area contributed by atoms with Crippen LogP contribution in [0.1, 0.15) is 11.7 Å². The molecular formula is C16H15N3O2.